The second-order valence-electron chi connectivity index (χ2n) is 5.58. The first-order chi connectivity index (χ1) is 7.70. The third-order valence-electron chi connectivity index (χ3n) is 3.42. The Bertz CT molecular complexity index is 277. The van der Waals surface area contributed by atoms with E-state index in [2.05, 4.69) is 6.92 Å². The topological polar surface area (TPSA) is 74.6 Å². The minimum atomic E-state index is -1.68. The fourth-order valence-electron chi connectivity index (χ4n) is 2.14. The number of carboxylic acid groups (broad SMARTS) is 2. The minimum Gasteiger partial charge on any atom is -1.00 e. The van der Waals surface area contributed by atoms with E-state index >= 15 is 0 Å². The van der Waals surface area contributed by atoms with Gasteiger partial charge in [-0.25, -0.2) is 0 Å². The molecule has 18 heavy (non-hydrogen) atoms. The molecule has 2 N–H and O–H groups in total. The second kappa shape index (κ2) is 7.99. The van der Waals surface area contributed by atoms with Crippen LogP contribution in [0.1, 0.15) is 62.7 Å². The van der Waals surface area contributed by atoms with Crippen LogP contribution in [0.15, 0.2) is 0 Å². The smallest absolute Gasteiger partial charge is 1.00 e. The van der Waals surface area contributed by atoms with Crippen molar-refractivity contribution < 1.29 is 22.7 Å². The van der Waals surface area contributed by atoms with Gasteiger partial charge in [0.05, 0.1) is 0 Å². The van der Waals surface area contributed by atoms with E-state index in [1.165, 1.54) is 0 Å². The van der Waals surface area contributed by atoms with Gasteiger partial charge in [-0.2, -0.15) is 0 Å². The minimum absolute atomic E-state index is 0. The Balaban J connectivity index is -0.000000427. The maximum absolute atomic E-state index is 11.4. The third-order valence-corrected chi connectivity index (χ3v) is 3.42. The first-order valence-electron chi connectivity index (χ1n) is 6.17. The van der Waals surface area contributed by atoms with Crippen molar-refractivity contribution in [2.24, 2.45) is 10.8 Å². The molecule has 0 atom stereocenters. The Kier molecular flexibility index (Phi) is 8.90. The third kappa shape index (κ3) is 4.43. The Morgan fingerprint density at radius 2 is 1.44 bits per heavy atom. The van der Waals surface area contributed by atoms with E-state index in [4.69, 9.17) is 0 Å². The van der Waals surface area contributed by atoms with Crippen LogP contribution in [0, 0.1) is 10.8 Å². The van der Waals surface area contributed by atoms with Crippen LogP contribution < -0.4 is 0 Å². The van der Waals surface area contributed by atoms with Gasteiger partial charge in [0.25, 0.3) is 0 Å². The normalized spacial score (nSPS) is 11.8. The summed E-state index contributed by atoms with van der Waals surface area (Å²) in [6.07, 6.45) is 3.78. The van der Waals surface area contributed by atoms with Crippen LogP contribution >= 0.6 is 0 Å². The standard InChI is InChI=1S/C13H24O4.Mg.2H/c1-5-6-7-8-9-13(10(14)15,11(16)17)12(2,3)4;;;/h5-9H2,1-4H3,(H,14,15)(H,16,17);;;/q;+2;2*-1. The largest absolute Gasteiger partial charge is 2.00 e. The average molecular weight is 271 g/mol. The molecular formula is C13H26MgO4. The number of hydrogen-bond donors (Lipinski definition) is 2. The molecule has 0 bridgehead atoms. The van der Waals surface area contributed by atoms with Crippen molar-refractivity contribution in [1.29, 1.82) is 0 Å². The second-order valence-corrected chi connectivity index (χ2v) is 5.58. The molecule has 4 nitrogen and oxygen atoms in total. The van der Waals surface area contributed by atoms with E-state index in [-0.39, 0.29) is 32.3 Å². The summed E-state index contributed by atoms with van der Waals surface area (Å²) in [5.74, 6) is -2.46. The molecule has 5 heteroatoms. The quantitative estimate of drug-likeness (QED) is 0.424. The van der Waals surface area contributed by atoms with Crippen molar-refractivity contribution in [3.05, 3.63) is 0 Å². The van der Waals surface area contributed by atoms with Crippen molar-refractivity contribution in [1.82, 2.24) is 0 Å². The van der Waals surface area contributed by atoms with E-state index in [0.717, 1.165) is 19.3 Å². The first kappa shape index (κ1) is 20.0. The van der Waals surface area contributed by atoms with Crippen LogP contribution in [0.5, 0.6) is 0 Å². The molecule has 0 spiro atoms. The van der Waals surface area contributed by atoms with E-state index in [1.54, 1.807) is 20.8 Å². The molecule has 0 aromatic carbocycles. The van der Waals surface area contributed by atoms with Crippen LogP contribution in [-0.4, -0.2) is 45.2 Å². The van der Waals surface area contributed by atoms with Gasteiger partial charge in [0.2, 0.25) is 0 Å². The molecule has 0 aliphatic rings. The molecule has 0 radical (unpaired) electrons. The molecule has 0 heterocycles. The fraction of sp³-hybridized carbons (Fsp3) is 0.846. The predicted molar refractivity (Wildman–Crippen MR) is 73.9 cm³/mol. The molecule has 0 aromatic rings. The monoisotopic (exact) mass is 270 g/mol. The van der Waals surface area contributed by atoms with Gasteiger partial charge in [-0.3, -0.25) is 9.59 Å². The summed E-state index contributed by atoms with van der Waals surface area (Å²) in [7, 11) is 0. The molecule has 0 amide bonds. The van der Waals surface area contributed by atoms with Crippen molar-refractivity contribution >= 4 is 35.0 Å². The number of unbranched alkanes of at least 4 members (excludes halogenated alkanes) is 3. The maximum atomic E-state index is 11.4. The van der Waals surface area contributed by atoms with Crippen LogP contribution in [0.4, 0.5) is 0 Å². The average Bonchev–Trinajstić information content (AvgIpc) is 2.14. The van der Waals surface area contributed by atoms with Gasteiger partial charge in [0, 0.05) is 0 Å². The number of carboxylic acids is 2. The van der Waals surface area contributed by atoms with Crippen molar-refractivity contribution in [3.8, 4) is 0 Å². The summed E-state index contributed by atoms with van der Waals surface area (Å²) in [6, 6.07) is 0. The summed E-state index contributed by atoms with van der Waals surface area (Å²) in [5, 5.41) is 18.6. The molecule has 0 unspecified atom stereocenters. The van der Waals surface area contributed by atoms with Crippen LogP contribution in [0.2, 0.25) is 0 Å². The molecule has 104 valence electrons. The van der Waals surface area contributed by atoms with Crippen molar-refractivity contribution in [2.75, 3.05) is 0 Å². The molecule has 0 saturated heterocycles. The number of rotatable bonds is 7. The molecule has 0 aromatic heterocycles. The van der Waals surface area contributed by atoms with Crippen LogP contribution in [0.25, 0.3) is 0 Å². The number of carbonyl (C=O) groups is 2. The van der Waals surface area contributed by atoms with Gasteiger partial charge < -0.3 is 13.1 Å². The summed E-state index contributed by atoms with van der Waals surface area (Å²) < 4.78 is 0. The Labute approximate surface area is 128 Å². The first-order valence-corrected chi connectivity index (χ1v) is 6.17. The van der Waals surface area contributed by atoms with Crippen LogP contribution in [0.3, 0.4) is 0 Å². The predicted octanol–water partition coefficient (Wildman–Crippen LogP) is 3.00. The van der Waals surface area contributed by atoms with Gasteiger partial charge in [0.15, 0.2) is 5.41 Å². The van der Waals surface area contributed by atoms with Gasteiger partial charge in [0.1, 0.15) is 0 Å². The fourth-order valence-corrected chi connectivity index (χ4v) is 2.14. The SMILES string of the molecule is CCCCCCC(C(=O)O)(C(=O)O)C(C)(C)C.[H-].[H-].[Mg+2]. The van der Waals surface area contributed by atoms with E-state index < -0.39 is 22.8 Å². The Morgan fingerprint density at radius 3 is 1.72 bits per heavy atom. The molecular weight excluding hydrogens is 244 g/mol. The van der Waals surface area contributed by atoms with E-state index in [1.807, 2.05) is 0 Å². The van der Waals surface area contributed by atoms with Gasteiger partial charge in [-0.1, -0.05) is 53.4 Å². The molecule has 0 aliphatic carbocycles. The van der Waals surface area contributed by atoms with Gasteiger partial charge >= 0.3 is 35.0 Å². The summed E-state index contributed by atoms with van der Waals surface area (Å²) in [6.45, 7) is 7.09. The molecule has 0 aliphatic heterocycles. The van der Waals surface area contributed by atoms with E-state index in [9.17, 15) is 19.8 Å². The zero-order chi connectivity index (χ0) is 13.7. The molecule has 0 fully saturated rings. The molecule has 0 rings (SSSR count). The summed E-state index contributed by atoms with van der Waals surface area (Å²) in [4.78, 5) is 22.8. The van der Waals surface area contributed by atoms with Crippen molar-refractivity contribution in [3.63, 3.8) is 0 Å². The summed E-state index contributed by atoms with van der Waals surface area (Å²) in [5.41, 5.74) is -2.47. The maximum Gasteiger partial charge on any atom is 2.00 e. The zero-order valence-electron chi connectivity index (χ0n) is 14.0. The Morgan fingerprint density at radius 1 is 1.00 bits per heavy atom. The summed E-state index contributed by atoms with van der Waals surface area (Å²) >= 11 is 0. The zero-order valence-corrected chi connectivity index (χ0v) is 13.4. The number of hydrogen-bond acceptors (Lipinski definition) is 2. The Hall–Kier alpha value is -0.294. The molecule has 0 saturated carbocycles. The van der Waals surface area contributed by atoms with Crippen molar-refractivity contribution in [2.45, 2.75) is 59.8 Å². The van der Waals surface area contributed by atoms with Gasteiger partial charge in [-0.15, -0.1) is 0 Å². The van der Waals surface area contributed by atoms with Gasteiger partial charge in [-0.05, 0) is 11.8 Å². The number of aliphatic carboxylic acids is 2. The van der Waals surface area contributed by atoms with Crippen LogP contribution in [-0.2, 0) is 9.59 Å². The van der Waals surface area contributed by atoms with E-state index in [0.29, 0.717) is 6.42 Å².